The monoisotopic (exact) mass is 341 g/mol. The lowest BCUT2D eigenvalue weighted by atomic mass is 10.1. The highest BCUT2D eigenvalue weighted by molar-refractivity contribution is 7.99. The first kappa shape index (κ1) is 17.1. The molecule has 1 aliphatic rings. The summed E-state index contributed by atoms with van der Waals surface area (Å²) in [6.45, 7) is 1.47. The molecular weight excluding hydrogens is 318 g/mol. The Balaban J connectivity index is 1.63. The zero-order chi connectivity index (χ0) is 15.8. The van der Waals surface area contributed by atoms with Gasteiger partial charge in [0, 0.05) is 30.8 Å². The maximum Gasteiger partial charge on any atom is 0.191 e. The van der Waals surface area contributed by atoms with Gasteiger partial charge in [0.25, 0.3) is 0 Å². The molecule has 1 heterocycles. The predicted octanol–water partition coefficient (Wildman–Crippen LogP) is 1.38. The van der Waals surface area contributed by atoms with E-state index in [4.69, 9.17) is 0 Å². The van der Waals surface area contributed by atoms with Gasteiger partial charge in [0.15, 0.2) is 15.8 Å². The summed E-state index contributed by atoms with van der Waals surface area (Å²) >= 11 is 1.79. The Hall–Kier alpha value is -1.21. The van der Waals surface area contributed by atoms with Crippen LogP contribution in [0.2, 0.25) is 0 Å². The van der Waals surface area contributed by atoms with Crippen LogP contribution in [0.25, 0.3) is 0 Å². The van der Waals surface area contributed by atoms with E-state index in [1.54, 1.807) is 18.8 Å². The first-order chi connectivity index (χ1) is 10.6. The van der Waals surface area contributed by atoms with Gasteiger partial charge in [-0.3, -0.25) is 4.99 Å². The highest BCUT2D eigenvalue weighted by Gasteiger charge is 2.27. The second kappa shape index (κ2) is 8.43. The lowest BCUT2D eigenvalue weighted by Gasteiger charge is -2.14. The van der Waals surface area contributed by atoms with Crippen molar-refractivity contribution in [2.24, 2.45) is 10.9 Å². The molecule has 122 valence electrons. The fourth-order valence-electron chi connectivity index (χ4n) is 2.35. The van der Waals surface area contributed by atoms with Crippen LogP contribution in [0.15, 0.2) is 40.2 Å². The number of rotatable bonds is 6. The second-order valence-corrected chi connectivity index (χ2v) is 8.71. The third-order valence-corrected chi connectivity index (χ3v) is 6.37. The Morgan fingerprint density at radius 3 is 2.73 bits per heavy atom. The van der Waals surface area contributed by atoms with E-state index < -0.39 is 9.84 Å². The van der Waals surface area contributed by atoms with Crippen LogP contribution in [0.1, 0.15) is 6.42 Å². The van der Waals surface area contributed by atoms with Crippen LogP contribution >= 0.6 is 11.8 Å². The average Bonchev–Trinajstić information content (AvgIpc) is 2.87. The van der Waals surface area contributed by atoms with Crippen molar-refractivity contribution in [3.8, 4) is 0 Å². The van der Waals surface area contributed by atoms with Gasteiger partial charge in [0.2, 0.25) is 0 Å². The topological polar surface area (TPSA) is 70.6 Å². The molecule has 1 fully saturated rings. The summed E-state index contributed by atoms with van der Waals surface area (Å²) in [7, 11) is -1.08. The molecule has 2 N–H and O–H groups in total. The molecule has 7 heteroatoms. The number of benzene rings is 1. The summed E-state index contributed by atoms with van der Waals surface area (Å²) in [5.41, 5.74) is 0. The molecule has 0 amide bonds. The van der Waals surface area contributed by atoms with Crippen molar-refractivity contribution in [1.29, 1.82) is 0 Å². The van der Waals surface area contributed by atoms with Crippen LogP contribution in [0.5, 0.6) is 0 Å². The molecule has 0 bridgehead atoms. The van der Waals surface area contributed by atoms with Crippen molar-refractivity contribution in [2.75, 3.05) is 37.4 Å². The predicted molar refractivity (Wildman–Crippen MR) is 93.3 cm³/mol. The highest BCUT2D eigenvalue weighted by Crippen LogP contribution is 2.17. The van der Waals surface area contributed by atoms with Crippen LogP contribution in [-0.2, 0) is 9.84 Å². The van der Waals surface area contributed by atoms with E-state index in [0.29, 0.717) is 18.1 Å². The van der Waals surface area contributed by atoms with Crippen molar-refractivity contribution < 1.29 is 8.42 Å². The van der Waals surface area contributed by atoms with E-state index >= 15 is 0 Å². The van der Waals surface area contributed by atoms with Crippen LogP contribution in [-0.4, -0.2) is 51.8 Å². The standard InChI is InChI=1S/C15H23N3O2S2/c1-16-15(18-11-13-7-10-22(19,20)12-13)17-8-9-21-14-5-3-2-4-6-14/h2-6,13H,7-12H2,1H3,(H2,16,17,18). The molecule has 1 aromatic carbocycles. The van der Waals surface area contributed by atoms with E-state index in [9.17, 15) is 8.42 Å². The molecule has 1 aromatic rings. The summed E-state index contributed by atoms with van der Waals surface area (Å²) in [5, 5.41) is 6.47. The fraction of sp³-hybridized carbons (Fsp3) is 0.533. The number of aliphatic imine (C=N–C) groups is 1. The Morgan fingerprint density at radius 1 is 1.32 bits per heavy atom. The van der Waals surface area contributed by atoms with Crippen LogP contribution in [0, 0.1) is 5.92 Å². The minimum atomic E-state index is -2.81. The van der Waals surface area contributed by atoms with E-state index in [2.05, 4.69) is 27.8 Å². The van der Waals surface area contributed by atoms with E-state index in [1.165, 1.54) is 4.90 Å². The van der Waals surface area contributed by atoms with Gasteiger partial charge in [-0.1, -0.05) is 18.2 Å². The number of nitrogens with one attached hydrogen (secondary N) is 2. The minimum Gasteiger partial charge on any atom is -0.356 e. The normalized spacial score (nSPS) is 20.8. The van der Waals surface area contributed by atoms with Gasteiger partial charge in [-0.15, -0.1) is 11.8 Å². The van der Waals surface area contributed by atoms with Crippen molar-refractivity contribution in [3.05, 3.63) is 30.3 Å². The van der Waals surface area contributed by atoms with Crippen molar-refractivity contribution >= 4 is 27.6 Å². The first-order valence-corrected chi connectivity index (χ1v) is 10.2. The molecule has 0 radical (unpaired) electrons. The van der Waals surface area contributed by atoms with Gasteiger partial charge in [0.05, 0.1) is 11.5 Å². The molecule has 1 saturated heterocycles. The van der Waals surface area contributed by atoms with E-state index in [0.717, 1.165) is 24.7 Å². The van der Waals surface area contributed by atoms with Gasteiger partial charge in [0.1, 0.15) is 0 Å². The summed E-state index contributed by atoms with van der Waals surface area (Å²) in [6.07, 6.45) is 0.746. The SMILES string of the molecule is CN=C(NCCSc1ccccc1)NCC1CCS(=O)(=O)C1. The van der Waals surface area contributed by atoms with Gasteiger partial charge < -0.3 is 10.6 Å². The van der Waals surface area contributed by atoms with Crippen molar-refractivity contribution in [3.63, 3.8) is 0 Å². The smallest absolute Gasteiger partial charge is 0.191 e. The molecule has 22 heavy (non-hydrogen) atoms. The number of sulfone groups is 1. The Kier molecular flexibility index (Phi) is 6.57. The van der Waals surface area contributed by atoms with E-state index in [-0.39, 0.29) is 5.92 Å². The summed E-state index contributed by atoms with van der Waals surface area (Å²) in [6, 6.07) is 10.3. The lowest BCUT2D eigenvalue weighted by Crippen LogP contribution is -2.40. The number of thioether (sulfide) groups is 1. The van der Waals surface area contributed by atoms with Crippen molar-refractivity contribution in [2.45, 2.75) is 11.3 Å². The molecule has 0 aromatic heterocycles. The zero-order valence-corrected chi connectivity index (χ0v) is 14.4. The average molecular weight is 342 g/mol. The van der Waals surface area contributed by atoms with Gasteiger partial charge >= 0.3 is 0 Å². The highest BCUT2D eigenvalue weighted by atomic mass is 32.2. The molecule has 1 aliphatic heterocycles. The third-order valence-electron chi connectivity index (χ3n) is 3.51. The van der Waals surface area contributed by atoms with Gasteiger partial charge in [-0.2, -0.15) is 0 Å². The largest absolute Gasteiger partial charge is 0.356 e. The van der Waals surface area contributed by atoms with Gasteiger partial charge in [-0.25, -0.2) is 8.42 Å². The maximum atomic E-state index is 11.4. The summed E-state index contributed by atoms with van der Waals surface area (Å²) in [5.74, 6) is 2.49. The fourth-order valence-corrected chi connectivity index (χ4v) is 5.00. The second-order valence-electron chi connectivity index (χ2n) is 5.31. The summed E-state index contributed by atoms with van der Waals surface area (Å²) in [4.78, 5) is 5.42. The lowest BCUT2D eigenvalue weighted by molar-refractivity contribution is 0.568. The first-order valence-electron chi connectivity index (χ1n) is 7.42. The van der Waals surface area contributed by atoms with E-state index in [1.807, 2.05) is 18.2 Å². The molecule has 0 aliphatic carbocycles. The minimum absolute atomic E-state index is 0.197. The van der Waals surface area contributed by atoms with Crippen molar-refractivity contribution in [1.82, 2.24) is 10.6 Å². The molecule has 2 rings (SSSR count). The Morgan fingerprint density at radius 2 is 2.09 bits per heavy atom. The van der Waals surface area contributed by atoms with Crippen LogP contribution in [0.4, 0.5) is 0 Å². The molecule has 1 unspecified atom stereocenters. The third kappa shape index (κ3) is 5.88. The summed E-state index contributed by atoms with van der Waals surface area (Å²) < 4.78 is 22.8. The van der Waals surface area contributed by atoms with Crippen LogP contribution in [0.3, 0.4) is 0 Å². The number of hydrogen-bond donors (Lipinski definition) is 2. The maximum absolute atomic E-state index is 11.4. The molecule has 0 saturated carbocycles. The van der Waals surface area contributed by atoms with Gasteiger partial charge in [-0.05, 0) is 24.5 Å². The molecule has 0 spiro atoms. The number of guanidine groups is 1. The number of hydrogen-bond acceptors (Lipinski definition) is 4. The zero-order valence-electron chi connectivity index (χ0n) is 12.8. The quantitative estimate of drug-likeness (QED) is 0.354. The number of nitrogens with zero attached hydrogens (tertiary/aromatic N) is 1. The Bertz CT molecular complexity index is 588. The molecule has 5 nitrogen and oxygen atoms in total. The molecule has 1 atom stereocenters. The van der Waals surface area contributed by atoms with Crippen LogP contribution < -0.4 is 10.6 Å². The molecular formula is C15H23N3O2S2. The Labute approximate surface area is 136 Å².